The Kier molecular flexibility index (Phi) is 4.69. The highest BCUT2D eigenvalue weighted by atomic mass is 35.5. The van der Waals surface area contributed by atoms with Crippen molar-refractivity contribution in [3.63, 3.8) is 0 Å². The van der Waals surface area contributed by atoms with Crippen molar-refractivity contribution in [1.29, 1.82) is 0 Å². The number of pyridine rings is 1. The minimum absolute atomic E-state index is 0.0319. The Morgan fingerprint density at radius 3 is 2.76 bits per heavy atom. The van der Waals surface area contributed by atoms with Crippen LogP contribution in [0.1, 0.15) is 26.7 Å². The topological polar surface area (TPSA) is 59.3 Å². The fourth-order valence-electron chi connectivity index (χ4n) is 1.59. The summed E-state index contributed by atoms with van der Waals surface area (Å²) in [7, 11) is 1.86. The summed E-state index contributed by atoms with van der Waals surface area (Å²) >= 11 is 5.78. The van der Waals surface area contributed by atoms with Crippen molar-refractivity contribution in [3.05, 3.63) is 27.4 Å². The van der Waals surface area contributed by atoms with Gasteiger partial charge in [-0.2, -0.15) is 0 Å². The highest BCUT2D eigenvalue weighted by Gasteiger charge is 2.16. The van der Waals surface area contributed by atoms with E-state index in [2.05, 4.69) is 18.8 Å². The van der Waals surface area contributed by atoms with E-state index in [0.29, 0.717) is 5.82 Å². The van der Waals surface area contributed by atoms with Crippen molar-refractivity contribution in [1.82, 2.24) is 4.98 Å². The Morgan fingerprint density at radius 1 is 1.59 bits per heavy atom. The molecule has 0 bridgehead atoms. The van der Waals surface area contributed by atoms with Crippen LogP contribution in [0.5, 0.6) is 0 Å². The molecule has 17 heavy (non-hydrogen) atoms. The largest absolute Gasteiger partial charge is 0.357 e. The number of anilines is 1. The number of hydrogen-bond donors (Lipinski definition) is 0. The van der Waals surface area contributed by atoms with E-state index in [1.54, 1.807) is 0 Å². The van der Waals surface area contributed by atoms with E-state index >= 15 is 0 Å². The first-order valence-corrected chi connectivity index (χ1v) is 5.88. The van der Waals surface area contributed by atoms with E-state index in [4.69, 9.17) is 11.6 Å². The third kappa shape index (κ3) is 3.56. The molecule has 5 nitrogen and oxygen atoms in total. The molecule has 94 valence electrons. The number of aromatic nitrogens is 1. The second-order valence-electron chi connectivity index (χ2n) is 4.01. The SMILES string of the molecule is CCCC(C)N(C)c1cc([N+](=O)[O-])cc(Cl)n1. The van der Waals surface area contributed by atoms with Crippen molar-refractivity contribution in [2.75, 3.05) is 11.9 Å². The predicted octanol–water partition coefficient (Wildman–Crippen LogP) is 3.27. The van der Waals surface area contributed by atoms with Crippen molar-refractivity contribution in [3.8, 4) is 0 Å². The van der Waals surface area contributed by atoms with Crippen LogP contribution < -0.4 is 4.90 Å². The molecule has 0 aliphatic heterocycles. The number of rotatable bonds is 5. The van der Waals surface area contributed by atoms with Gasteiger partial charge >= 0.3 is 0 Å². The van der Waals surface area contributed by atoms with E-state index in [-0.39, 0.29) is 16.9 Å². The quantitative estimate of drug-likeness (QED) is 0.461. The van der Waals surface area contributed by atoms with Gasteiger partial charge in [-0.05, 0) is 13.3 Å². The maximum absolute atomic E-state index is 10.7. The lowest BCUT2D eigenvalue weighted by Gasteiger charge is -2.25. The van der Waals surface area contributed by atoms with Crippen molar-refractivity contribution in [2.24, 2.45) is 0 Å². The Hall–Kier alpha value is -1.36. The zero-order chi connectivity index (χ0) is 13.0. The molecule has 0 radical (unpaired) electrons. The Morgan fingerprint density at radius 2 is 2.24 bits per heavy atom. The summed E-state index contributed by atoms with van der Waals surface area (Å²) in [5, 5.41) is 10.9. The minimum Gasteiger partial charge on any atom is -0.357 e. The number of halogens is 1. The molecule has 0 aromatic carbocycles. The highest BCUT2D eigenvalue weighted by Crippen LogP contribution is 2.24. The van der Waals surface area contributed by atoms with Gasteiger partial charge in [0.1, 0.15) is 11.0 Å². The molecular weight excluding hydrogens is 242 g/mol. The molecule has 6 heteroatoms. The van der Waals surface area contributed by atoms with Crippen LogP contribution >= 0.6 is 11.6 Å². The first-order valence-electron chi connectivity index (χ1n) is 5.50. The fraction of sp³-hybridized carbons (Fsp3) is 0.545. The maximum Gasteiger partial charge on any atom is 0.276 e. The van der Waals surface area contributed by atoms with Crippen LogP contribution in [0.2, 0.25) is 5.15 Å². The second-order valence-corrected chi connectivity index (χ2v) is 4.40. The molecule has 1 rings (SSSR count). The lowest BCUT2D eigenvalue weighted by atomic mass is 10.2. The third-order valence-electron chi connectivity index (χ3n) is 2.71. The van der Waals surface area contributed by atoms with E-state index in [9.17, 15) is 10.1 Å². The molecule has 0 fully saturated rings. The third-order valence-corrected chi connectivity index (χ3v) is 2.90. The van der Waals surface area contributed by atoms with Gasteiger partial charge in [-0.25, -0.2) is 4.98 Å². The van der Waals surface area contributed by atoms with Crippen LogP contribution in [0.15, 0.2) is 12.1 Å². The molecular formula is C11H16ClN3O2. The molecule has 1 aromatic rings. The van der Waals surface area contributed by atoms with Crippen LogP contribution in [0.25, 0.3) is 0 Å². The monoisotopic (exact) mass is 257 g/mol. The summed E-state index contributed by atoms with van der Waals surface area (Å²) in [6.45, 7) is 4.15. The molecule has 0 spiro atoms. The average molecular weight is 258 g/mol. The summed E-state index contributed by atoms with van der Waals surface area (Å²) in [5.74, 6) is 0.533. The molecule has 1 aromatic heterocycles. The molecule has 0 aliphatic rings. The van der Waals surface area contributed by atoms with Crippen LogP contribution in [-0.2, 0) is 0 Å². The number of nitro groups is 1. The molecule has 0 amide bonds. The lowest BCUT2D eigenvalue weighted by molar-refractivity contribution is -0.384. The number of hydrogen-bond acceptors (Lipinski definition) is 4. The van der Waals surface area contributed by atoms with Gasteiger partial charge < -0.3 is 4.90 Å². The van der Waals surface area contributed by atoms with Gasteiger partial charge in [0.05, 0.1) is 17.1 Å². The van der Waals surface area contributed by atoms with E-state index in [1.807, 2.05) is 11.9 Å². The summed E-state index contributed by atoms with van der Waals surface area (Å²) < 4.78 is 0. The summed E-state index contributed by atoms with van der Waals surface area (Å²) in [6, 6.07) is 2.96. The van der Waals surface area contributed by atoms with Crippen LogP contribution in [0.4, 0.5) is 11.5 Å². The smallest absolute Gasteiger partial charge is 0.276 e. The average Bonchev–Trinajstić information content (AvgIpc) is 2.27. The molecule has 1 unspecified atom stereocenters. The van der Waals surface area contributed by atoms with Gasteiger partial charge in [-0.1, -0.05) is 24.9 Å². The summed E-state index contributed by atoms with van der Waals surface area (Å²) in [4.78, 5) is 16.3. The summed E-state index contributed by atoms with van der Waals surface area (Å²) in [6.07, 6.45) is 2.05. The van der Waals surface area contributed by atoms with Gasteiger partial charge in [0.15, 0.2) is 0 Å². The van der Waals surface area contributed by atoms with Gasteiger partial charge in [0.2, 0.25) is 0 Å². The second kappa shape index (κ2) is 5.82. The summed E-state index contributed by atoms with van der Waals surface area (Å²) in [5.41, 5.74) is -0.0319. The van der Waals surface area contributed by atoms with Crippen LogP contribution in [0, 0.1) is 10.1 Å². The Bertz CT molecular complexity index is 412. The zero-order valence-corrected chi connectivity index (χ0v) is 10.9. The fourth-order valence-corrected chi connectivity index (χ4v) is 1.79. The minimum atomic E-state index is -0.463. The highest BCUT2D eigenvalue weighted by molar-refractivity contribution is 6.29. The van der Waals surface area contributed by atoms with Crippen LogP contribution in [-0.4, -0.2) is 23.0 Å². The van der Waals surface area contributed by atoms with Gasteiger partial charge in [0.25, 0.3) is 5.69 Å². The molecule has 0 aliphatic carbocycles. The Labute approximate surface area is 106 Å². The van der Waals surface area contributed by atoms with Crippen LogP contribution in [0.3, 0.4) is 0 Å². The van der Waals surface area contributed by atoms with E-state index < -0.39 is 4.92 Å². The van der Waals surface area contributed by atoms with Gasteiger partial charge in [0, 0.05) is 13.1 Å². The molecule has 0 saturated carbocycles. The van der Waals surface area contributed by atoms with E-state index in [1.165, 1.54) is 12.1 Å². The standard InChI is InChI=1S/C11H16ClN3O2/c1-4-5-8(2)14(3)11-7-9(15(16)17)6-10(12)13-11/h6-8H,4-5H2,1-3H3. The zero-order valence-electron chi connectivity index (χ0n) is 10.2. The van der Waals surface area contributed by atoms with Crippen molar-refractivity contribution in [2.45, 2.75) is 32.7 Å². The lowest BCUT2D eigenvalue weighted by Crippen LogP contribution is -2.29. The van der Waals surface area contributed by atoms with Crippen molar-refractivity contribution >= 4 is 23.1 Å². The Balaban J connectivity index is 3.01. The first-order chi connectivity index (χ1) is 7.95. The van der Waals surface area contributed by atoms with Gasteiger partial charge in [-0.3, -0.25) is 10.1 Å². The molecule has 1 heterocycles. The first kappa shape index (κ1) is 13.7. The van der Waals surface area contributed by atoms with E-state index in [0.717, 1.165) is 12.8 Å². The molecule has 0 saturated heterocycles. The number of nitrogens with zero attached hydrogens (tertiary/aromatic N) is 3. The van der Waals surface area contributed by atoms with Gasteiger partial charge in [-0.15, -0.1) is 0 Å². The van der Waals surface area contributed by atoms with Crippen molar-refractivity contribution < 1.29 is 4.92 Å². The predicted molar refractivity (Wildman–Crippen MR) is 68.7 cm³/mol. The molecule has 1 atom stereocenters. The maximum atomic E-state index is 10.7. The molecule has 0 N–H and O–H groups in total. The normalized spacial score (nSPS) is 12.2.